The lowest BCUT2D eigenvalue weighted by molar-refractivity contribution is -0.277. The lowest BCUT2D eigenvalue weighted by atomic mass is 9.99. The van der Waals surface area contributed by atoms with Gasteiger partial charge in [-0.05, 0) is 18.2 Å². The molecule has 8 N–H and O–H groups in total. The highest BCUT2D eigenvalue weighted by Gasteiger charge is 2.45. The van der Waals surface area contributed by atoms with Crippen LogP contribution in [0.1, 0.15) is 0 Å². The summed E-state index contributed by atoms with van der Waals surface area (Å²) in [4.78, 5) is 13.0. The SMILES string of the molecule is O=c1c(O)c(-c2ccc(O)c(O)c2)oc2cc(O)cc(O[C@@H]3O[C@H](CO)[C@@H](O)[C@H](O)[C@H]3O)c12. The molecule has 0 radical (unpaired) electrons. The summed E-state index contributed by atoms with van der Waals surface area (Å²) in [5, 5.41) is 78.7. The minimum atomic E-state index is -1.79. The van der Waals surface area contributed by atoms with Gasteiger partial charge in [-0.1, -0.05) is 0 Å². The number of aromatic hydroxyl groups is 4. The second kappa shape index (κ2) is 8.42. The summed E-state index contributed by atoms with van der Waals surface area (Å²) in [6.45, 7) is -0.711. The number of phenolic OH excluding ortho intramolecular Hbond substituents is 3. The van der Waals surface area contributed by atoms with Gasteiger partial charge in [-0.25, -0.2) is 0 Å². The number of hydrogen-bond acceptors (Lipinski definition) is 12. The van der Waals surface area contributed by atoms with Crippen molar-refractivity contribution in [2.45, 2.75) is 30.7 Å². The van der Waals surface area contributed by atoms with Gasteiger partial charge in [-0.3, -0.25) is 4.79 Å². The zero-order valence-electron chi connectivity index (χ0n) is 16.7. The summed E-state index contributed by atoms with van der Waals surface area (Å²) in [6.07, 6.45) is -8.12. The van der Waals surface area contributed by atoms with E-state index in [9.17, 15) is 45.6 Å². The molecule has 1 saturated heterocycles. The molecule has 0 aliphatic carbocycles. The van der Waals surface area contributed by atoms with Crippen LogP contribution in [0.25, 0.3) is 22.3 Å². The molecule has 33 heavy (non-hydrogen) atoms. The second-order valence-electron chi connectivity index (χ2n) is 7.44. The maximum absolute atomic E-state index is 13.0. The second-order valence-corrected chi connectivity index (χ2v) is 7.44. The van der Waals surface area contributed by atoms with E-state index in [0.29, 0.717) is 0 Å². The van der Waals surface area contributed by atoms with Gasteiger partial charge in [0.15, 0.2) is 17.3 Å². The first-order valence-electron chi connectivity index (χ1n) is 9.64. The van der Waals surface area contributed by atoms with E-state index in [2.05, 4.69) is 0 Å². The molecule has 0 amide bonds. The lowest BCUT2D eigenvalue weighted by Gasteiger charge is -2.39. The fraction of sp³-hybridized carbons (Fsp3) is 0.286. The van der Waals surface area contributed by atoms with Gasteiger partial charge in [0.05, 0.1) is 6.61 Å². The van der Waals surface area contributed by atoms with Crippen LogP contribution >= 0.6 is 0 Å². The van der Waals surface area contributed by atoms with E-state index in [1.165, 1.54) is 6.07 Å². The average Bonchev–Trinajstić information content (AvgIpc) is 2.78. The Kier molecular flexibility index (Phi) is 5.78. The average molecular weight is 464 g/mol. The molecule has 12 heteroatoms. The van der Waals surface area contributed by atoms with Crippen LogP contribution in [0.5, 0.6) is 28.7 Å². The molecule has 0 saturated carbocycles. The number of ether oxygens (including phenoxy) is 2. The first-order chi connectivity index (χ1) is 15.6. The topological polar surface area (TPSA) is 211 Å². The molecule has 5 atom stereocenters. The third kappa shape index (κ3) is 3.90. The Balaban J connectivity index is 1.81. The fourth-order valence-corrected chi connectivity index (χ4v) is 3.50. The maximum atomic E-state index is 13.0. The van der Waals surface area contributed by atoms with Gasteiger partial charge in [-0.2, -0.15) is 0 Å². The number of hydrogen-bond donors (Lipinski definition) is 8. The van der Waals surface area contributed by atoms with E-state index >= 15 is 0 Å². The van der Waals surface area contributed by atoms with E-state index < -0.39 is 71.5 Å². The number of fused-ring (bicyclic) bond motifs is 1. The Morgan fingerprint density at radius 2 is 1.64 bits per heavy atom. The minimum absolute atomic E-state index is 0.0431. The third-order valence-electron chi connectivity index (χ3n) is 5.25. The van der Waals surface area contributed by atoms with Crippen LogP contribution < -0.4 is 10.2 Å². The van der Waals surface area contributed by atoms with Crippen LogP contribution in [-0.2, 0) is 4.74 Å². The quantitative estimate of drug-likeness (QED) is 0.229. The van der Waals surface area contributed by atoms with E-state index in [4.69, 9.17) is 13.9 Å². The molecule has 1 aliphatic heterocycles. The molecule has 1 aromatic heterocycles. The standard InChI is InChI=1S/C21H20O12/c22-6-13-15(26)17(28)19(30)21(33-13)32-12-5-8(23)4-11-14(12)16(27)18(29)20(31-11)7-1-2-9(24)10(25)3-7/h1-5,13,15,17,19,21-26,28-30H,6H2/t13-,15-,17+,19-,21-/m1/s1. The highest BCUT2D eigenvalue weighted by molar-refractivity contribution is 5.88. The van der Waals surface area contributed by atoms with Gasteiger partial charge in [0.2, 0.25) is 17.5 Å². The van der Waals surface area contributed by atoms with Crippen molar-refractivity contribution in [3.8, 4) is 40.1 Å². The molecule has 2 aromatic carbocycles. The molecule has 176 valence electrons. The van der Waals surface area contributed by atoms with Crippen LogP contribution in [0.4, 0.5) is 0 Å². The van der Waals surface area contributed by atoms with Crippen LogP contribution in [0.3, 0.4) is 0 Å². The molecule has 1 fully saturated rings. The first-order valence-corrected chi connectivity index (χ1v) is 9.64. The van der Waals surface area contributed by atoms with Crippen molar-refractivity contribution in [1.29, 1.82) is 0 Å². The Labute approximate surface area is 184 Å². The monoisotopic (exact) mass is 464 g/mol. The van der Waals surface area contributed by atoms with Gasteiger partial charge in [0.1, 0.15) is 46.9 Å². The molecule has 4 rings (SSSR count). The van der Waals surface area contributed by atoms with Crippen molar-refractivity contribution in [3.63, 3.8) is 0 Å². The molecule has 12 nitrogen and oxygen atoms in total. The smallest absolute Gasteiger partial charge is 0.238 e. The van der Waals surface area contributed by atoms with E-state index in [-0.39, 0.29) is 22.3 Å². The zero-order valence-corrected chi connectivity index (χ0v) is 16.7. The Bertz CT molecular complexity index is 1250. The number of aliphatic hydroxyl groups is 4. The predicted octanol–water partition coefficient (Wildman–Crippen LogP) is -0.539. The van der Waals surface area contributed by atoms with Crippen LogP contribution in [0.2, 0.25) is 0 Å². The number of phenols is 3. The van der Waals surface area contributed by atoms with E-state index in [1.54, 1.807) is 0 Å². The van der Waals surface area contributed by atoms with Gasteiger partial charge in [0, 0.05) is 17.7 Å². The molecule has 0 bridgehead atoms. The highest BCUT2D eigenvalue weighted by Crippen LogP contribution is 2.38. The molecule has 1 aliphatic rings. The van der Waals surface area contributed by atoms with Gasteiger partial charge >= 0.3 is 0 Å². The molecule has 0 spiro atoms. The molecular formula is C21H20O12. The van der Waals surface area contributed by atoms with E-state index in [0.717, 1.165) is 24.3 Å². The minimum Gasteiger partial charge on any atom is -0.508 e. The largest absolute Gasteiger partial charge is 0.508 e. The normalized spacial score (nSPS) is 25.3. The van der Waals surface area contributed by atoms with Gasteiger partial charge < -0.3 is 54.7 Å². The molecule has 0 unspecified atom stereocenters. The number of rotatable bonds is 4. The Morgan fingerprint density at radius 1 is 0.909 bits per heavy atom. The van der Waals surface area contributed by atoms with Crippen LogP contribution in [0.15, 0.2) is 39.5 Å². The summed E-state index contributed by atoms with van der Waals surface area (Å²) in [6, 6.07) is 5.47. The molecule has 2 heterocycles. The number of aliphatic hydroxyl groups excluding tert-OH is 4. The van der Waals surface area contributed by atoms with Gasteiger partial charge in [0.25, 0.3) is 0 Å². The predicted molar refractivity (Wildman–Crippen MR) is 109 cm³/mol. The first kappa shape index (κ1) is 22.6. The van der Waals surface area contributed by atoms with E-state index in [1.807, 2.05) is 0 Å². The number of benzene rings is 2. The van der Waals surface area contributed by atoms with Crippen molar-refractivity contribution in [2.75, 3.05) is 6.61 Å². The van der Waals surface area contributed by atoms with Crippen LogP contribution in [0, 0.1) is 0 Å². The van der Waals surface area contributed by atoms with Crippen molar-refractivity contribution in [1.82, 2.24) is 0 Å². The third-order valence-corrected chi connectivity index (χ3v) is 5.25. The molecule has 3 aromatic rings. The molecular weight excluding hydrogens is 444 g/mol. The van der Waals surface area contributed by atoms with Gasteiger partial charge in [-0.15, -0.1) is 0 Å². The fourth-order valence-electron chi connectivity index (χ4n) is 3.50. The van der Waals surface area contributed by atoms with Crippen molar-refractivity contribution in [2.24, 2.45) is 0 Å². The lowest BCUT2D eigenvalue weighted by Crippen LogP contribution is -2.60. The van der Waals surface area contributed by atoms with Crippen LogP contribution in [-0.4, -0.2) is 78.2 Å². The summed E-state index contributed by atoms with van der Waals surface area (Å²) < 4.78 is 16.3. The maximum Gasteiger partial charge on any atom is 0.238 e. The summed E-state index contributed by atoms with van der Waals surface area (Å²) in [5.41, 5.74) is -1.21. The summed E-state index contributed by atoms with van der Waals surface area (Å²) >= 11 is 0. The van der Waals surface area contributed by atoms with Crippen molar-refractivity contribution >= 4 is 11.0 Å². The highest BCUT2D eigenvalue weighted by atomic mass is 16.7. The Morgan fingerprint density at radius 3 is 2.30 bits per heavy atom. The summed E-state index contributed by atoms with van der Waals surface area (Å²) in [7, 11) is 0. The Hall–Kier alpha value is -3.55. The zero-order chi connectivity index (χ0) is 24.0. The van der Waals surface area contributed by atoms with Crippen molar-refractivity contribution in [3.05, 3.63) is 40.6 Å². The summed E-state index contributed by atoms with van der Waals surface area (Å²) in [5.74, 6) is -3.04. The van der Waals surface area contributed by atoms with Crippen molar-refractivity contribution < 1.29 is 54.7 Å².